The second kappa shape index (κ2) is 7.97. The zero-order valence-electron chi connectivity index (χ0n) is 15.4. The highest BCUT2D eigenvalue weighted by atomic mass is 19.1. The number of carbonyl (C=O) groups is 2. The Bertz CT molecular complexity index is 858. The Kier molecular flexibility index (Phi) is 5.25. The molecule has 0 aliphatic carbocycles. The standard InChI is InChI=1S/C19H23FN6O2/c20-12-1-3-13(4-2-12)22-19(28)23-14-6-9-26(10-7-14)18(27)17-15-11-21-8-5-16(15)24-25-17/h1-4,14,21H,5-11H2,(H,24,25)(H2,22,23,28). The fraction of sp³-hybridized carbons (Fsp3) is 0.421. The number of carbonyl (C=O) groups excluding carboxylic acids is 2. The van der Waals surface area contributed by atoms with Crippen molar-refractivity contribution in [2.24, 2.45) is 0 Å². The lowest BCUT2D eigenvalue weighted by Gasteiger charge is -2.32. The summed E-state index contributed by atoms with van der Waals surface area (Å²) in [5.74, 6) is -0.410. The smallest absolute Gasteiger partial charge is 0.319 e. The van der Waals surface area contributed by atoms with E-state index in [1.54, 1.807) is 4.90 Å². The van der Waals surface area contributed by atoms with Crippen LogP contribution in [0.25, 0.3) is 0 Å². The maximum Gasteiger partial charge on any atom is 0.319 e. The van der Waals surface area contributed by atoms with E-state index in [4.69, 9.17) is 0 Å². The Labute approximate surface area is 161 Å². The monoisotopic (exact) mass is 386 g/mol. The minimum Gasteiger partial charge on any atom is -0.337 e. The zero-order chi connectivity index (χ0) is 19.5. The van der Waals surface area contributed by atoms with Crippen molar-refractivity contribution in [2.45, 2.75) is 31.8 Å². The van der Waals surface area contributed by atoms with Gasteiger partial charge in [-0.3, -0.25) is 9.89 Å². The molecule has 3 heterocycles. The van der Waals surface area contributed by atoms with Crippen LogP contribution in [0.4, 0.5) is 14.9 Å². The summed E-state index contributed by atoms with van der Waals surface area (Å²) in [4.78, 5) is 26.7. The molecule has 1 saturated heterocycles. The number of piperidine rings is 1. The van der Waals surface area contributed by atoms with Crippen LogP contribution in [0.15, 0.2) is 24.3 Å². The second-order valence-corrected chi connectivity index (χ2v) is 7.13. The van der Waals surface area contributed by atoms with E-state index >= 15 is 0 Å². The molecule has 0 saturated carbocycles. The molecule has 1 aromatic carbocycles. The first-order valence-corrected chi connectivity index (χ1v) is 9.49. The van der Waals surface area contributed by atoms with Crippen molar-refractivity contribution < 1.29 is 14.0 Å². The first kappa shape index (κ1) is 18.4. The minimum absolute atomic E-state index is 0.0146. The number of hydrogen-bond acceptors (Lipinski definition) is 4. The third kappa shape index (κ3) is 3.99. The number of hydrogen-bond donors (Lipinski definition) is 4. The van der Waals surface area contributed by atoms with Crippen molar-refractivity contribution in [3.8, 4) is 0 Å². The van der Waals surface area contributed by atoms with Gasteiger partial charge in [-0.05, 0) is 37.1 Å². The van der Waals surface area contributed by atoms with Crippen LogP contribution < -0.4 is 16.0 Å². The summed E-state index contributed by atoms with van der Waals surface area (Å²) in [6.45, 7) is 2.68. The third-order valence-electron chi connectivity index (χ3n) is 5.23. The Balaban J connectivity index is 1.28. The molecule has 2 aliphatic heterocycles. The van der Waals surface area contributed by atoms with Crippen LogP contribution in [0.5, 0.6) is 0 Å². The maximum atomic E-state index is 12.9. The van der Waals surface area contributed by atoms with Crippen molar-refractivity contribution >= 4 is 17.6 Å². The summed E-state index contributed by atoms with van der Waals surface area (Å²) in [6, 6.07) is 5.26. The number of likely N-dealkylation sites (tertiary alicyclic amines) is 1. The normalized spacial score (nSPS) is 17.1. The Morgan fingerprint density at radius 2 is 1.93 bits per heavy atom. The number of H-pyrrole nitrogens is 1. The van der Waals surface area contributed by atoms with E-state index in [2.05, 4.69) is 26.1 Å². The van der Waals surface area contributed by atoms with Gasteiger partial charge in [0.2, 0.25) is 0 Å². The van der Waals surface area contributed by atoms with E-state index in [9.17, 15) is 14.0 Å². The first-order valence-electron chi connectivity index (χ1n) is 9.49. The molecule has 3 amide bonds. The Morgan fingerprint density at radius 1 is 1.18 bits per heavy atom. The highest BCUT2D eigenvalue weighted by molar-refractivity contribution is 5.94. The molecule has 0 unspecified atom stereocenters. The fourth-order valence-corrected chi connectivity index (χ4v) is 3.66. The summed E-state index contributed by atoms with van der Waals surface area (Å²) >= 11 is 0. The number of halogens is 1. The van der Waals surface area contributed by atoms with Crippen LogP contribution in [-0.4, -0.2) is 52.7 Å². The van der Waals surface area contributed by atoms with Gasteiger partial charge in [0, 0.05) is 55.6 Å². The van der Waals surface area contributed by atoms with Crippen LogP contribution in [0, 0.1) is 5.82 Å². The maximum absolute atomic E-state index is 12.9. The molecule has 148 valence electrons. The summed E-state index contributed by atoms with van der Waals surface area (Å²) in [5, 5.41) is 16.1. The Morgan fingerprint density at radius 3 is 2.68 bits per heavy atom. The predicted octanol–water partition coefficient (Wildman–Crippen LogP) is 1.62. The molecular weight excluding hydrogens is 363 g/mol. The highest BCUT2D eigenvalue weighted by Crippen LogP contribution is 2.19. The Hall–Kier alpha value is -2.94. The fourth-order valence-electron chi connectivity index (χ4n) is 3.66. The van der Waals surface area contributed by atoms with Gasteiger partial charge in [0.15, 0.2) is 5.69 Å². The summed E-state index contributed by atoms with van der Waals surface area (Å²) in [5.41, 5.74) is 3.04. The lowest BCUT2D eigenvalue weighted by atomic mass is 10.0. The van der Waals surface area contributed by atoms with Crippen molar-refractivity contribution in [1.82, 2.24) is 25.7 Å². The zero-order valence-corrected chi connectivity index (χ0v) is 15.4. The van der Waals surface area contributed by atoms with Crippen LogP contribution in [0.3, 0.4) is 0 Å². The number of nitrogens with one attached hydrogen (secondary N) is 4. The van der Waals surface area contributed by atoms with Gasteiger partial charge >= 0.3 is 6.03 Å². The lowest BCUT2D eigenvalue weighted by Crippen LogP contribution is -2.47. The van der Waals surface area contributed by atoms with Crippen molar-refractivity contribution in [1.29, 1.82) is 0 Å². The first-order chi connectivity index (χ1) is 13.6. The minimum atomic E-state index is -0.350. The van der Waals surface area contributed by atoms with Crippen molar-refractivity contribution in [3.05, 3.63) is 47.0 Å². The second-order valence-electron chi connectivity index (χ2n) is 7.13. The van der Waals surface area contributed by atoms with E-state index in [1.165, 1.54) is 24.3 Å². The number of rotatable bonds is 3. The molecule has 2 aromatic rings. The van der Waals surface area contributed by atoms with Gasteiger partial charge in [-0.1, -0.05) is 0 Å². The molecule has 0 radical (unpaired) electrons. The van der Waals surface area contributed by atoms with E-state index in [1.807, 2.05) is 0 Å². The predicted molar refractivity (Wildman–Crippen MR) is 101 cm³/mol. The van der Waals surface area contributed by atoms with Crippen molar-refractivity contribution in [2.75, 3.05) is 25.0 Å². The van der Waals surface area contributed by atoms with E-state index in [-0.39, 0.29) is 23.8 Å². The third-order valence-corrected chi connectivity index (χ3v) is 5.23. The van der Waals surface area contributed by atoms with Gasteiger partial charge in [-0.15, -0.1) is 0 Å². The van der Waals surface area contributed by atoms with Gasteiger partial charge in [-0.2, -0.15) is 5.10 Å². The quantitative estimate of drug-likeness (QED) is 0.644. The van der Waals surface area contributed by atoms with Crippen molar-refractivity contribution in [3.63, 3.8) is 0 Å². The molecule has 9 heteroatoms. The van der Waals surface area contributed by atoms with E-state index in [0.717, 1.165) is 24.2 Å². The summed E-state index contributed by atoms with van der Waals surface area (Å²) in [6.07, 6.45) is 2.20. The van der Waals surface area contributed by atoms with Gasteiger partial charge in [0.1, 0.15) is 5.82 Å². The molecule has 0 spiro atoms. The van der Waals surface area contributed by atoms with Gasteiger partial charge in [0.25, 0.3) is 5.91 Å². The summed E-state index contributed by atoms with van der Waals surface area (Å²) in [7, 11) is 0. The molecule has 2 aliphatic rings. The highest BCUT2D eigenvalue weighted by Gasteiger charge is 2.29. The van der Waals surface area contributed by atoms with E-state index in [0.29, 0.717) is 43.9 Å². The van der Waals surface area contributed by atoms with E-state index < -0.39 is 0 Å². The molecular formula is C19H23FN6O2. The molecule has 4 rings (SSSR count). The van der Waals surface area contributed by atoms with Crippen LogP contribution in [0.1, 0.15) is 34.6 Å². The van der Waals surface area contributed by atoms with Gasteiger partial charge in [-0.25, -0.2) is 9.18 Å². The van der Waals surface area contributed by atoms with Crippen LogP contribution >= 0.6 is 0 Å². The molecule has 4 N–H and O–H groups in total. The number of benzene rings is 1. The molecule has 1 fully saturated rings. The number of anilines is 1. The molecule has 0 atom stereocenters. The largest absolute Gasteiger partial charge is 0.337 e. The number of nitrogens with zero attached hydrogens (tertiary/aromatic N) is 2. The topological polar surface area (TPSA) is 102 Å². The number of fused-ring (bicyclic) bond motifs is 1. The summed E-state index contributed by atoms with van der Waals surface area (Å²) < 4.78 is 12.9. The SMILES string of the molecule is O=C(Nc1ccc(F)cc1)NC1CCN(C(=O)c2n[nH]c3c2CNCC3)CC1. The van der Waals surface area contributed by atoms with Gasteiger partial charge < -0.3 is 20.9 Å². The number of amides is 3. The number of urea groups is 1. The van der Waals surface area contributed by atoms with Crippen LogP contribution in [-0.2, 0) is 13.0 Å². The average molecular weight is 386 g/mol. The molecule has 1 aromatic heterocycles. The lowest BCUT2D eigenvalue weighted by molar-refractivity contribution is 0.0701. The molecule has 8 nitrogen and oxygen atoms in total. The van der Waals surface area contributed by atoms with Crippen LogP contribution in [0.2, 0.25) is 0 Å². The molecule has 0 bridgehead atoms. The number of aromatic amines is 1. The number of aromatic nitrogens is 2. The molecule has 28 heavy (non-hydrogen) atoms. The average Bonchev–Trinajstić information content (AvgIpc) is 3.14. The van der Waals surface area contributed by atoms with Gasteiger partial charge in [0.05, 0.1) is 0 Å².